The van der Waals surface area contributed by atoms with Gasteiger partial charge in [-0.25, -0.2) is 0 Å². The Hall–Kier alpha value is -1.20. The highest BCUT2D eigenvalue weighted by atomic mass is 32.1. The smallest absolute Gasteiger partial charge is 0.107 e. The molecule has 1 heterocycles. The molecule has 0 aromatic carbocycles. The molecule has 18 heavy (non-hydrogen) atoms. The van der Waals surface area contributed by atoms with Gasteiger partial charge in [0.1, 0.15) is 4.99 Å². The van der Waals surface area contributed by atoms with Gasteiger partial charge in [0.15, 0.2) is 0 Å². The average molecular weight is 267 g/mol. The van der Waals surface area contributed by atoms with Gasteiger partial charge in [0.25, 0.3) is 0 Å². The number of nitrogens with two attached hydrogens (primary N) is 1. The zero-order valence-electron chi connectivity index (χ0n) is 11.4. The van der Waals surface area contributed by atoms with Crippen LogP contribution in [0.25, 0.3) is 0 Å². The molecule has 1 rings (SSSR count). The van der Waals surface area contributed by atoms with Gasteiger partial charge in [-0.1, -0.05) is 12.2 Å². The summed E-state index contributed by atoms with van der Waals surface area (Å²) in [5.41, 5.74) is 9.36. The zero-order chi connectivity index (χ0) is 13.9. The van der Waals surface area contributed by atoms with Crippen LogP contribution in [0.4, 0.5) is 5.69 Å². The molecule has 0 saturated carbocycles. The van der Waals surface area contributed by atoms with Gasteiger partial charge >= 0.3 is 0 Å². The summed E-state index contributed by atoms with van der Waals surface area (Å²) in [7, 11) is 1.97. The third kappa shape index (κ3) is 3.65. The molecule has 0 aliphatic heterocycles. The number of aliphatic hydroxyl groups excluding tert-OH is 1. The average Bonchev–Trinajstić information content (AvgIpc) is 2.23. The summed E-state index contributed by atoms with van der Waals surface area (Å²) in [4.78, 5) is 6.81. The minimum atomic E-state index is -0.315. The Morgan fingerprint density at radius 2 is 2.17 bits per heavy atom. The Balaban J connectivity index is 3.09. The van der Waals surface area contributed by atoms with Crippen molar-refractivity contribution < 1.29 is 5.11 Å². The lowest BCUT2D eigenvalue weighted by Gasteiger charge is -2.24. The number of anilines is 1. The Kier molecular flexibility index (Phi) is 5.04. The molecule has 0 aliphatic carbocycles. The molecule has 0 saturated heterocycles. The van der Waals surface area contributed by atoms with Crippen LogP contribution < -0.4 is 10.6 Å². The molecule has 1 atom stereocenters. The van der Waals surface area contributed by atoms with Crippen molar-refractivity contribution in [2.45, 2.75) is 33.3 Å². The summed E-state index contributed by atoms with van der Waals surface area (Å²) in [5.74, 6) is 0. The monoisotopic (exact) mass is 267 g/mol. The highest BCUT2D eigenvalue weighted by Gasteiger charge is 2.14. The molecule has 1 unspecified atom stereocenters. The van der Waals surface area contributed by atoms with Gasteiger partial charge in [0.05, 0.1) is 17.4 Å². The zero-order valence-corrected chi connectivity index (χ0v) is 12.2. The van der Waals surface area contributed by atoms with Crippen molar-refractivity contribution in [3.63, 3.8) is 0 Å². The van der Waals surface area contributed by atoms with Crippen LogP contribution in [0.5, 0.6) is 0 Å². The molecule has 5 heteroatoms. The molecule has 0 aliphatic rings. The molecule has 0 fully saturated rings. The molecule has 100 valence electrons. The van der Waals surface area contributed by atoms with E-state index in [1.807, 2.05) is 27.0 Å². The lowest BCUT2D eigenvalue weighted by atomic mass is 10.1. The molecular formula is C13H21N3OS. The number of hydrogen-bond donors (Lipinski definition) is 2. The van der Waals surface area contributed by atoms with E-state index in [-0.39, 0.29) is 6.10 Å². The van der Waals surface area contributed by atoms with Crippen molar-refractivity contribution in [3.05, 3.63) is 23.0 Å². The Morgan fingerprint density at radius 3 is 2.67 bits per heavy atom. The fourth-order valence-electron chi connectivity index (χ4n) is 1.91. The van der Waals surface area contributed by atoms with Gasteiger partial charge in [0, 0.05) is 25.0 Å². The van der Waals surface area contributed by atoms with Gasteiger partial charge in [-0.05, 0) is 33.3 Å². The maximum atomic E-state index is 9.35. The second kappa shape index (κ2) is 6.11. The molecule has 3 N–H and O–H groups in total. The second-order valence-electron chi connectivity index (χ2n) is 4.67. The lowest BCUT2D eigenvalue weighted by molar-refractivity contribution is 0.187. The SMILES string of the molecule is Cc1cc(N(C)CCC(C)O)c(C(N)=S)c(C)n1. The lowest BCUT2D eigenvalue weighted by Crippen LogP contribution is -2.26. The normalized spacial score (nSPS) is 12.3. The van der Waals surface area contributed by atoms with Crippen LogP contribution in [-0.4, -0.2) is 34.8 Å². The predicted octanol–water partition coefficient (Wildman–Crippen LogP) is 1.54. The summed E-state index contributed by atoms with van der Waals surface area (Å²) >= 11 is 5.10. The van der Waals surface area contributed by atoms with Crippen molar-refractivity contribution in [3.8, 4) is 0 Å². The fraction of sp³-hybridized carbons (Fsp3) is 0.538. The maximum Gasteiger partial charge on any atom is 0.107 e. The van der Waals surface area contributed by atoms with E-state index in [1.54, 1.807) is 6.92 Å². The summed E-state index contributed by atoms with van der Waals surface area (Å²) in [6, 6.07) is 1.98. The van der Waals surface area contributed by atoms with Crippen LogP contribution in [0.15, 0.2) is 6.07 Å². The third-order valence-electron chi connectivity index (χ3n) is 2.85. The molecule has 0 radical (unpaired) electrons. The summed E-state index contributed by atoms with van der Waals surface area (Å²) in [6.07, 6.45) is 0.387. The van der Waals surface area contributed by atoms with Gasteiger partial charge < -0.3 is 15.7 Å². The van der Waals surface area contributed by atoms with Crippen molar-refractivity contribution in [2.24, 2.45) is 5.73 Å². The number of pyridine rings is 1. The number of nitrogens with zero attached hydrogens (tertiary/aromatic N) is 2. The van der Waals surface area contributed by atoms with Crippen LogP contribution in [0.3, 0.4) is 0 Å². The predicted molar refractivity (Wildman–Crippen MR) is 79.2 cm³/mol. The molecule has 4 nitrogen and oxygen atoms in total. The number of aryl methyl sites for hydroxylation is 2. The van der Waals surface area contributed by atoms with E-state index in [0.29, 0.717) is 11.4 Å². The van der Waals surface area contributed by atoms with E-state index in [2.05, 4.69) is 9.88 Å². The quantitative estimate of drug-likeness (QED) is 0.792. The number of hydrogen-bond acceptors (Lipinski definition) is 4. The van der Waals surface area contributed by atoms with E-state index in [1.165, 1.54) is 0 Å². The molecule has 0 bridgehead atoms. The van der Waals surface area contributed by atoms with E-state index in [4.69, 9.17) is 18.0 Å². The van der Waals surface area contributed by atoms with E-state index >= 15 is 0 Å². The molecule has 0 amide bonds. The maximum absolute atomic E-state index is 9.35. The largest absolute Gasteiger partial charge is 0.393 e. The van der Waals surface area contributed by atoms with Crippen LogP contribution >= 0.6 is 12.2 Å². The minimum Gasteiger partial charge on any atom is -0.393 e. The van der Waals surface area contributed by atoms with Crippen LogP contribution in [-0.2, 0) is 0 Å². The number of rotatable bonds is 5. The summed E-state index contributed by atoms with van der Waals surface area (Å²) in [6.45, 7) is 6.39. The number of thiocarbonyl (C=S) groups is 1. The number of aromatic nitrogens is 1. The first kappa shape index (κ1) is 14.9. The molecular weight excluding hydrogens is 246 g/mol. The highest BCUT2D eigenvalue weighted by molar-refractivity contribution is 7.80. The van der Waals surface area contributed by atoms with Crippen molar-refractivity contribution in [1.82, 2.24) is 4.98 Å². The Bertz CT molecular complexity index is 446. The Morgan fingerprint density at radius 1 is 1.56 bits per heavy atom. The third-order valence-corrected chi connectivity index (χ3v) is 3.05. The summed E-state index contributed by atoms with van der Waals surface area (Å²) < 4.78 is 0. The van der Waals surface area contributed by atoms with Crippen LogP contribution in [0, 0.1) is 13.8 Å². The standard InChI is InChI=1S/C13H21N3OS/c1-8-7-11(16(4)6-5-9(2)17)12(13(14)18)10(3)15-8/h7,9,17H,5-6H2,1-4H3,(H2,14,18). The number of aliphatic hydroxyl groups is 1. The second-order valence-corrected chi connectivity index (χ2v) is 5.11. The first-order chi connectivity index (χ1) is 8.32. The van der Waals surface area contributed by atoms with E-state index in [9.17, 15) is 5.11 Å². The van der Waals surface area contributed by atoms with Gasteiger partial charge in [-0.3, -0.25) is 4.98 Å². The fourth-order valence-corrected chi connectivity index (χ4v) is 2.17. The minimum absolute atomic E-state index is 0.315. The van der Waals surface area contributed by atoms with Crippen molar-refractivity contribution >= 4 is 22.9 Å². The van der Waals surface area contributed by atoms with Gasteiger partial charge in [0.2, 0.25) is 0 Å². The van der Waals surface area contributed by atoms with Crippen molar-refractivity contribution in [1.29, 1.82) is 0 Å². The van der Waals surface area contributed by atoms with E-state index in [0.717, 1.165) is 29.2 Å². The molecule has 1 aromatic rings. The Labute approximate surface area is 114 Å². The molecule has 1 aromatic heterocycles. The molecule has 0 spiro atoms. The summed E-state index contributed by atoms with van der Waals surface area (Å²) in [5, 5.41) is 9.35. The van der Waals surface area contributed by atoms with Crippen LogP contribution in [0.2, 0.25) is 0 Å². The highest BCUT2D eigenvalue weighted by Crippen LogP contribution is 2.23. The van der Waals surface area contributed by atoms with E-state index < -0.39 is 0 Å². The first-order valence-corrected chi connectivity index (χ1v) is 6.41. The van der Waals surface area contributed by atoms with Crippen LogP contribution in [0.1, 0.15) is 30.3 Å². The topological polar surface area (TPSA) is 62.4 Å². The van der Waals surface area contributed by atoms with Gasteiger partial charge in [-0.2, -0.15) is 0 Å². The van der Waals surface area contributed by atoms with Crippen molar-refractivity contribution in [2.75, 3.05) is 18.5 Å². The van der Waals surface area contributed by atoms with Gasteiger partial charge in [-0.15, -0.1) is 0 Å². The first-order valence-electron chi connectivity index (χ1n) is 6.00.